The Kier molecular flexibility index (Phi) is 4.87. The van der Waals surface area contributed by atoms with Crippen LogP contribution in [0.1, 0.15) is 0 Å². The number of ether oxygens (including phenoxy) is 2. The lowest BCUT2D eigenvalue weighted by molar-refractivity contribution is -0.0847. The van der Waals surface area contributed by atoms with Crippen LogP contribution in [0.2, 0.25) is 0 Å². The van der Waals surface area contributed by atoms with Gasteiger partial charge in [0.2, 0.25) is 0 Å². The fraction of sp³-hybridized carbons (Fsp3) is 0.400. The highest BCUT2D eigenvalue weighted by Gasteiger charge is 2.12. The molecule has 0 aliphatic heterocycles. The molecule has 0 saturated carbocycles. The zero-order chi connectivity index (χ0) is 11.3. The lowest BCUT2D eigenvalue weighted by atomic mass is 10.4. The van der Waals surface area contributed by atoms with Crippen molar-refractivity contribution in [1.82, 2.24) is 0 Å². The van der Waals surface area contributed by atoms with E-state index in [1.54, 1.807) is 6.07 Å². The molecular weight excluding hydrogens is 219 g/mol. The van der Waals surface area contributed by atoms with Gasteiger partial charge in [0.25, 0.3) is 0 Å². The van der Waals surface area contributed by atoms with Crippen molar-refractivity contribution in [3.8, 4) is 0 Å². The zero-order valence-electron chi connectivity index (χ0n) is 8.60. The van der Waals surface area contributed by atoms with Gasteiger partial charge in [0.15, 0.2) is 6.29 Å². The highest BCUT2D eigenvalue weighted by atomic mass is 32.2. The van der Waals surface area contributed by atoms with E-state index in [2.05, 4.69) is 0 Å². The molecule has 1 atom stereocenters. The molecule has 1 rings (SSSR count). The molecule has 0 amide bonds. The Hall–Kier alpha value is -0.780. The van der Waals surface area contributed by atoms with E-state index in [4.69, 9.17) is 9.47 Å². The van der Waals surface area contributed by atoms with Gasteiger partial charge in [-0.3, -0.25) is 4.21 Å². The Morgan fingerprint density at radius 1 is 1.40 bits per heavy atom. The summed E-state index contributed by atoms with van der Waals surface area (Å²) < 4.78 is 34.4. The van der Waals surface area contributed by atoms with Crippen LogP contribution in [0.25, 0.3) is 0 Å². The van der Waals surface area contributed by atoms with Crippen LogP contribution >= 0.6 is 0 Å². The van der Waals surface area contributed by atoms with Gasteiger partial charge in [-0.25, -0.2) is 4.39 Å². The third-order valence-electron chi connectivity index (χ3n) is 1.87. The molecule has 0 N–H and O–H groups in total. The number of benzene rings is 1. The molecule has 0 bridgehead atoms. The topological polar surface area (TPSA) is 35.5 Å². The molecule has 1 aromatic carbocycles. The molecule has 0 aliphatic rings. The van der Waals surface area contributed by atoms with Crippen molar-refractivity contribution in [3.05, 3.63) is 30.1 Å². The first-order valence-corrected chi connectivity index (χ1v) is 5.68. The van der Waals surface area contributed by atoms with E-state index < -0.39 is 22.9 Å². The fourth-order valence-corrected chi connectivity index (χ4v) is 2.25. The standard InChI is InChI=1S/C10H13FO3S/c1-13-10(14-2)7-15(12)9-5-3-4-8(11)6-9/h3-6,10H,7H2,1-2H3. The van der Waals surface area contributed by atoms with Crippen molar-refractivity contribution < 1.29 is 18.1 Å². The largest absolute Gasteiger partial charge is 0.355 e. The minimum atomic E-state index is -1.31. The van der Waals surface area contributed by atoms with Crippen molar-refractivity contribution >= 4 is 10.8 Å². The molecule has 3 nitrogen and oxygen atoms in total. The van der Waals surface area contributed by atoms with Gasteiger partial charge in [0.1, 0.15) is 5.82 Å². The van der Waals surface area contributed by atoms with Crippen LogP contribution in [0.4, 0.5) is 4.39 Å². The highest BCUT2D eigenvalue weighted by Crippen LogP contribution is 2.10. The van der Waals surface area contributed by atoms with E-state index >= 15 is 0 Å². The Morgan fingerprint density at radius 2 is 2.07 bits per heavy atom. The van der Waals surface area contributed by atoms with Crippen molar-refractivity contribution in [2.75, 3.05) is 20.0 Å². The lowest BCUT2D eigenvalue weighted by Crippen LogP contribution is -2.21. The zero-order valence-corrected chi connectivity index (χ0v) is 9.42. The minimum absolute atomic E-state index is 0.191. The first-order valence-electron chi connectivity index (χ1n) is 4.37. The predicted molar refractivity (Wildman–Crippen MR) is 55.5 cm³/mol. The summed E-state index contributed by atoms with van der Waals surface area (Å²) in [4.78, 5) is 0.439. The summed E-state index contributed by atoms with van der Waals surface area (Å²) >= 11 is 0. The van der Waals surface area contributed by atoms with Gasteiger partial charge >= 0.3 is 0 Å². The Balaban J connectivity index is 2.68. The third-order valence-corrected chi connectivity index (χ3v) is 3.23. The van der Waals surface area contributed by atoms with Crippen molar-refractivity contribution in [2.45, 2.75) is 11.2 Å². The van der Waals surface area contributed by atoms with Crippen LogP contribution < -0.4 is 0 Å². The van der Waals surface area contributed by atoms with Crippen molar-refractivity contribution in [1.29, 1.82) is 0 Å². The van der Waals surface area contributed by atoms with Gasteiger partial charge in [0.05, 0.1) is 16.6 Å². The molecule has 15 heavy (non-hydrogen) atoms. The normalized spacial score (nSPS) is 13.1. The van der Waals surface area contributed by atoms with Gasteiger partial charge in [-0.1, -0.05) is 6.07 Å². The molecule has 0 aromatic heterocycles. The molecule has 0 saturated heterocycles. The van der Waals surface area contributed by atoms with Gasteiger partial charge < -0.3 is 9.47 Å². The number of hydrogen-bond donors (Lipinski definition) is 0. The Morgan fingerprint density at radius 3 is 2.60 bits per heavy atom. The smallest absolute Gasteiger partial charge is 0.168 e. The first-order chi connectivity index (χ1) is 7.17. The van der Waals surface area contributed by atoms with E-state index in [1.165, 1.54) is 32.4 Å². The second kappa shape index (κ2) is 5.95. The number of methoxy groups -OCH3 is 2. The van der Waals surface area contributed by atoms with Gasteiger partial charge in [-0.2, -0.15) is 0 Å². The van der Waals surface area contributed by atoms with E-state index in [-0.39, 0.29) is 5.75 Å². The summed E-state index contributed by atoms with van der Waals surface area (Å²) in [5.41, 5.74) is 0. The van der Waals surface area contributed by atoms with Crippen LogP contribution in [0.5, 0.6) is 0 Å². The van der Waals surface area contributed by atoms with Gasteiger partial charge in [0, 0.05) is 19.1 Å². The first kappa shape index (κ1) is 12.3. The molecule has 0 fully saturated rings. The summed E-state index contributed by atoms with van der Waals surface area (Å²) in [7, 11) is 1.62. The lowest BCUT2D eigenvalue weighted by Gasteiger charge is -2.12. The summed E-state index contributed by atoms with van der Waals surface area (Å²) in [6.07, 6.45) is -0.533. The van der Waals surface area contributed by atoms with Crippen LogP contribution in [0, 0.1) is 5.82 Å². The average molecular weight is 232 g/mol. The SMILES string of the molecule is COC(CS(=O)c1cccc(F)c1)OC. The summed E-state index contributed by atoms with van der Waals surface area (Å²) in [5, 5.41) is 0. The quantitative estimate of drug-likeness (QED) is 0.723. The van der Waals surface area contributed by atoms with E-state index in [0.29, 0.717) is 4.90 Å². The maximum absolute atomic E-state index is 12.8. The minimum Gasteiger partial charge on any atom is -0.355 e. The number of halogens is 1. The van der Waals surface area contributed by atoms with Crippen LogP contribution in [0.3, 0.4) is 0 Å². The molecule has 1 unspecified atom stereocenters. The van der Waals surface area contributed by atoms with E-state index in [9.17, 15) is 8.60 Å². The third kappa shape index (κ3) is 3.70. The van der Waals surface area contributed by atoms with Gasteiger partial charge in [-0.15, -0.1) is 0 Å². The number of hydrogen-bond acceptors (Lipinski definition) is 3. The maximum atomic E-state index is 12.8. The monoisotopic (exact) mass is 232 g/mol. The Bertz CT molecular complexity index is 339. The van der Waals surface area contributed by atoms with Gasteiger partial charge in [-0.05, 0) is 18.2 Å². The molecule has 1 aromatic rings. The van der Waals surface area contributed by atoms with Crippen LogP contribution in [-0.2, 0) is 20.3 Å². The fourth-order valence-electron chi connectivity index (χ4n) is 1.06. The van der Waals surface area contributed by atoms with Crippen molar-refractivity contribution in [2.24, 2.45) is 0 Å². The van der Waals surface area contributed by atoms with Crippen LogP contribution in [-0.4, -0.2) is 30.5 Å². The summed E-state index contributed by atoms with van der Waals surface area (Å²) in [5.74, 6) is -0.205. The molecule has 84 valence electrons. The second-order valence-corrected chi connectivity index (χ2v) is 4.37. The average Bonchev–Trinajstić information content (AvgIpc) is 2.25. The predicted octanol–water partition coefficient (Wildman–Crippen LogP) is 1.55. The highest BCUT2D eigenvalue weighted by molar-refractivity contribution is 7.85. The van der Waals surface area contributed by atoms with Crippen LogP contribution in [0.15, 0.2) is 29.2 Å². The van der Waals surface area contributed by atoms with Crippen molar-refractivity contribution in [3.63, 3.8) is 0 Å². The summed E-state index contributed by atoms with van der Waals surface area (Å²) in [6, 6.07) is 5.70. The Labute approximate surface area is 90.7 Å². The molecule has 0 aliphatic carbocycles. The molecular formula is C10H13FO3S. The summed E-state index contributed by atoms with van der Waals surface area (Å²) in [6.45, 7) is 0. The van der Waals surface area contributed by atoms with E-state index in [1.807, 2.05) is 0 Å². The molecule has 0 heterocycles. The number of rotatable bonds is 5. The maximum Gasteiger partial charge on any atom is 0.168 e. The van der Waals surface area contributed by atoms with E-state index in [0.717, 1.165) is 0 Å². The molecule has 0 spiro atoms. The second-order valence-electron chi connectivity index (χ2n) is 2.87. The molecule has 5 heteroatoms. The molecule has 0 radical (unpaired) electrons.